The van der Waals surface area contributed by atoms with Crippen molar-refractivity contribution in [1.82, 2.24) is 9.80 Å². The van der Waals surface area contributed by atoms with Gasteiger partial charge in [0.25, 0.3) is 0 Å². The lowest BCUT2D eigenvalue weighted by molar-refractivity contribution is -0.141. The molecule has 1 heterocycles. The van der Waals surface area contributed by atoms with Crippen molar-refractivity contribution >= 4 is 11.8 Å². The summed E-state index contributed by atoms with van der Waals surface area (Å²) in [6.45, 7) is 6.63. The summed E-state index contributed by atoms with van der Waals surface area (Å²) < 4.78 is 0. The van der Waals surface area contributed by atoms with E-state index < -0.39 is 0 Å². The Balaban J connectivity index is 2.36. The van der Waals surface area contributed by atoms with Crippen molar-refractivity contribution in [1.29, 1.82) is 0 Å². The third-order valence-electron chi connectivity index (χ3n) is 3.59. The quantitative estimate of drug-likeness (QED) is 0.703. The molecule has 0 saturated carbocycles. The Bertz CT molecular complexity index is 292. The minimum Gasteiger partial charge on any atom is -0.345 e. The highest BCUT2D eigenvalue weighted by Gasteiger charge is 2.23. The van der Waals surface area contributed by atoms with E-state index in [2.05, 4.69) is 13.8 Å². The molecule has 0 spiro atoms. The van der Waals surface area contributed by atoms with Gasteiger partial charge in [0.05, 0.1) is 0 Å². The van der Waals surface area contributed by atoms with Gasteiger partial charge in [-0.25, -0.2) is 0 Å². The van der Waals surface area contributed by atoms with Crippen molar-refractivity contribution in [3.63, 3.8) is 0 Å². The van der Waals surface area contributed by atoms with Crippen molar-refractivity contribution in [2.24, 2.45) is 5.92 Å². The molecule has 1 saturated heterocycles. The van der Waals surface area contributed by atoms with E-state index in [4.69, 9.17) is 0 Å². The largest absolute Gasteiger partial charge is 0.345 e. The summed E-state index contributed by atoms with van der Waals surface area (Å²) >= 11 is 0. The second-order valence-corrected chi connectivity index (χ2v) is 5.43. The van der Waals surface area contributed by atoms with Gasteiger partial charge in [-0.3, -0.25) is 9.59 Å². The number of hydrogen-bond donors (Lipinski definition) is 0. The summed E-state index contributed by atoms with van der Waals surface area (Å²) in [6.07, 6.45) is 4.35. The van der Waals surface area contributed by atoms with E-state index in [1.165, 1.54) is 6.42 Å². The molecule has 2 amide bonds. The SMILES string of the molecule is CCCCN(C)C(=O)CC(=O)N1CCCC(C)C1. The van der Waals surface area contributed by atoms with E-state index in [0.717, 1.165) is 38.9 Å². The summed E-state index contributed by atoms with van der Waals surface area (Å²) in [4.78, 5) is 27.4. The van der Waals surface area contributed by atoms with Crippen LogP contribution in [-0.2, 0) is 9.59 Å². The second-order valence-electron chi connectivity index (χ2n) is 5.43. The van der Waals surface area contributed by atoms with Gasteiger partial charge in [0.1, 0.15) is 6.42 Å². The molecule has 0 aromatic heterocycles. The van der Waals surface area contributed by atoms with Gasteiger partial charge in [0, 0.05) is 26.7 Å². The number of piperidine rings is 1. The van der Waals surface area contributed by atoms with Crippen molar-refractivity contribution in [3.8, 4) is 0 Å². The fraction of sp³-hybridized carbons (Fsp3) is 0.857. The third-order valence-corrected chi connectivity index (χ3v) is 3.59. The fourth-order valence-electron chi connectivity index (χ4n) is 2.31. The summed E-state index contributed by atoms with van der Waals surface area (Å²) in [6, 6.07) is 0. The van der Waals surface area contributed by atoms with Crippen LogP contribution in [0.15, 0.2) is 0 Å². The zero-order valence-electron chi connectivity index (χ0n) is 11.9. The first kappa shape index (κ1) is 15.0. The van der Waals surface area contributed by atoms with E-state index in [1.54, 1.807) is 11.9 Å². The zero-order chi connectivity index (χ0) is 13.5. The Morgan fingerprint density at radius 1 is 1.39 bits per heavy atom. The van der Waals surface area contributed by atoms with Gasteiger partial charge < -0.3 is 9.80 Å². The molecule has 0 radical (unpaired) electrons. The van der Waals surface area contributed by atoms with E-state index >= 15 is 0 Å². The molecule has 1 unspecified atom stereocenters. The molecule has 0 aromatic rings. The van der Waals surface area contributed by atoms with Crippen molar-refractivity contribution in [2.45, 2.75) is 46.0 Å². The average Bonchev–Trinajstić information content (AvgIpc) is 2.35. The molecule has 104 valence electrons. The smallest absolute Gasteiger partial charge is 0.232 e. The van der Waals surface area contributed by atoms with Crippen LogP contribution in [0.2, 0.25) is 0 Å². The third kappa shape index (κ3) is 4.67. The first-order valence-corrected chi connectivity index (χ1v) is 7.06. The number of unbranched alkanes of at least 4 members (excludes halogenated alkanes) is 1. The molecule has 4 nitrogen and oxygen atoms in total. The Kier molecular flexibility index (Phi) is 6.16. The molecule has 0 N–H and O–H groups in total. The first-order valence-electron chi connectivity index (χ1n) is 7.06. The van der Waals surface area contributed by atoms with Crippen LogP contribution in [0.1, 0.15) is 46.0 Å². The molecular weight excluding hydrogens is 228 g/mol. The lowest BCUT2D eigenvalue weighted by Gasteiger charge is -2.31. The standard InChI is InChI=1S/C14H26N2O2/c1-4-5-8-15(3)13(17)10-14(18)16-9-6-7-12(2)11-16/h12H,4-11H2,1-3H3. The number of likely N-dealkylation sites (tertiary alicyclic amines) is 1. The maximum Gasteiger partial charge on any atom is 0.232 e. The van der Waals surface area contributed by atoms with Crippen LogP contribution in [0.4, 0.5) is 0 Å². The van der Waals surface area contributed by atoms with Crippen LogP contribution in [0, 0.1) is 5.92 Å². The van der Waals surface area contributed by atoms with Gasteiger partial charge in [-0.1, -0.05) is 20.3 Å². The van der Waals surface area contributed by atoms with E-state index in [9.17, 15) is 9.59 Å². The van der Waals surface area contributed by atoms with Crippen LogP contribution in [0.25, 0.3) is 0 Å². The molecule has 1 atom stereocenters. The molecule has 4 heteroatoms. The summed E-state index contributed by atoms with van der Waals surface area (Å²) in [5.74, 6) is 0.511. The molecule has 1 fully saturated rings. The Hall–Kier alpha value is -1.06. The topological polar surface area (TPSA) is 40.6 Å². The first-order chi connectivity index (χ1) is 8.54. The highest BCUT2D eigenvalue weighted by Crippen LogP contribution is 2.16. The Morgan fingerprint density at radius 2 is 2.11 bits per heavy atom. The fourth-order valence-corrected chi connectivity index (χ4v) is 2.31. The zero-order valence-corrected chi connectivity index (χ0v) is 11.9. The van der Waals surface area contributed by atoms with Crippen LogP contribution in [0.3, 0.4) is 0 Å². The lowest BCUT2D eigenvalue weighted by Crippen LogP contribution is -2.41. The van der Waals surface area contributed by atoms with E-state index in [-0.39, 0.29) is 18.2 Å². The summed E-state index contributed by atoms with van der Waals surface area (Å²) in [5.41, 5.74) is 0. The Morgan fingerprint density at radius 3 is 2.72 bits per heavy atom. The molecule has 0 aromatic carbocycles. The van der Waals surface area contributed by atoms with Gasteiger partial charge in [0.15, 0.2) is 0 Å². The number of carbonyl (C=O) groups excluding carboxylic acids is 2. The summed E-state index contributed by atoms with van der Waals surface area (Å²) in [5, 5.41) is 0. The average molecular weight is 254 g/mol. The number of carbonyl (C=O) groups is 2. The van der Waals surface area contributed by atoms with Gasteiger partial charge in [-0.15, -0.1) is 0 Å². The molecule has 0 aliphatic carbocycles. The number of amides is 2. The number of nitrogens with zero attached hydrogens (tertiary/aromatic N) is 2. The van der Waals surface area contributed by atoms with Gasteiger partial charge in [-0.05, 0) is 25.2 Å². The van der Waals surface area contributed by atoms with Crippen LogP contribution in [0.5, 0.6) is 0 Å². The molecule has 18 heavy (non-hydrogen) atoms. The lowest BCUT2D eigenvalue weighted by atomic mass is 10.00. The van der Waals surface area contributed by atoms with Crippen LogP contribution in [-0.4, -0.2) is 48.3 Å². The maximum absolute atomic E-state index is 12.0. The highest BCUT2D eigenvalue weighted by atomic mass is 16.2. The van der Waals surface area contributed by atoms with Gasteiger partial charge in [0.2, 0.25) is 11.8 Å². The number of rotatable bonds is 5. The number of hydrogen-bond acceptors (Lipinski definition) is 2. The van der Waals surface area contributed by atoms with E-state index in [1.807, 2.05) is 4.90 Å². The minimum atomic E-state index is -0.0494. The Labute approximate surface area is 110 Å². The molecule has 1 aliphatic heterocycles. The molecule has 0 bridgehead atoms. The highest BCUT2D eigenvalue weighted by molar-refractivity contribution is 5.96. The van der Waals surface area contributed by atoms with Crippen molar-refractivity contribution < 1.29 is 9.59 Å². The molecule has 1 rings (SSSR count). The van der Waals surface area contributed by atoms with E-state index in [0.29, 0.717) is 5.92 Å². The van der Waals surface area contributed by atoms with Gasteiger partial charge >= 0.3 is 0 Å². The van der Waals surface area contributed by atoms with Crippen LogP contribution >= 0.6 is 0 Å². The van der Waals surface area contributed by atoms with Crippen LogP contribution < -0.4 is 0 Å². The second kappa shape index (κ2) is 7.39. The van der Waals surface area contributed by atoms with Crippen molar-refractivity contribution in [3.05, 3.63) is 0 Å². The molecular formula is C14H26N2O2. The van der Waals surface area contributed by atoms with Gasteiger partial charge in [-0.2, -0.15) is 0 Å². The monoisotopic (exact) mass is 254 g/mol. The minimum absolute atomic E-state index is 0.00472. The molecule has 1 aliphatic rings. The normalized spacial score (nSPS) is 19.7. The predicted octanol–water partition coefficient (Wildman–Crippen LogP) is 1.89. The van der Waals surface area contributed by atoms with Crippen molar-refractivity contribution in [2.75, 3.05) is 26.7 Å². The predicted molar refractivity (Wildman–Crippen MR) is 72.1 cm³/mol. The maximum atomic E-state index is 12.0. The summed E-state index contributed by atoms with van der Waals surface area (Å²) in [7, 11) is 1.78.